The number of hydrogen-bond acceptors (Lipinski definition) is 4. The SMILES string of the molecule is CCN(CC)C(=O)CN(C)C(=NCc1nnc(C)n1C)NC1CCCC1. The molecule has 0 unspecified atom stereocenters. The second-order valence-electron chi connectivity index (χ2n) is 6.91. The van der Waals surface area contributed by atoms with Gasteiger partial charge in [-0.1, -0.05) is 12.8 Å². The van der Waals surface area contributed by atoms with Crippen LogP contribution in [-0.2, 0) is 18.4 Å². The number of aryl methyl sites for hydroxylation is 1. The first-order valence-corrected chi connectivity index (χ1v) is 9.61. The number of likely N-dealkylation sites (N-methyl/N-ethyl adjacent to an activating group) is 2. The summed E-state index contributed by atoms with van der Waals surface area (Å²) in [6, 6.07) is 0.431. The normalized spacial score (nSPS) is 15.3. The van der Waals surface area contributed by atoms with Gasteiger partial charge in [-0.05, 0) is 33.6 Å². The van der Waals surface area contributed by atoms with Gasteiger partial charge in [0.05, 0.1) is 6.54 Å². The zero-order valence-electron chi connectivity index (χ0n) is 16.8. The summed E-state index contributed by atoms with van der Waals surface area (Å²) in [4.78, 5) is 21.0. The molecule has 1 fully saturated rings. The van der Waals surface area contributed by atoms with Crippen LogP contribution in [0.4, 0.5) is 0 Å². The van der Waals surface area contributed by atoms with Gasteiger partial charge in [0.25, 0.3) is 0 Å². The molecule has 0 aromatic carbocycles. The molecule has 2 rings (SSSR count). The number of amides is 1. The summed E-state index contributed by atoms with van der Waals surface area (Å²) in [6.07, 6.45) is 4.80. The lowest BCUT2D eigenvalue weighted by atomic mass is 10.2. The van der Waals surface area contributed by atoms with Gasteiger partial charge in [0, 0.05) is 33.2 Å². The molecule has 1 aromatic heterocycles. The van der Waals surface area contributed by atoms with Gasteiger partial charge in [0.1, 0.15) is 12.4 Å². The van der Waals surface area contributed by atoms with Crippen molar-refractivity contribution in [3.63, 3.8) is 0 Å². The van der Waals surface area contributed by atoms with Crippen LogP contribution in [0, 0.1) is 6.92 Å². The first-order valence-electron chi connectivity index (χ1n) is 9.61. The van der Waals surface area contributed by atoms with Crippen LogP contribution in [-0.4, -0.2) is 69.2 Å². The minimum atomic E-state index is 0.118. The van der Waals surface area contributed by atoms with Crippen molar-refractivity contribution in [2.75, 3.05) is 26.7 Å². The van der Waals surface area contributed by atoms with Crippen molar-refractivity contribution >= 4 is 11.9 Å². The molecular weight excluding hydrogens is 330 g/mol. The van der Waals surface area contributed by atoms with Crippen molar-refractivity contribution in [3.8, 4) is 0 Å². The van der Waals surface area contributed by atoms with Crippen molar-refractivity contribution in [1.29, 1.82) is 0 Å². The standard InChI is InChI=1S/C18H33N7O/c1-6-25(7-2)17(26)13-23(4)18(20-15-10-8-9-11-15)19-12-16-22-21-14(3)24(16)5/h15H,6-13H2,1-5H3,(H,19,20). The second kappa shape index (κ2) is 9.54. The van der Waals surface area contributed by atoms with Gasteiger partial charge in [-0.2, -0.15) is 0 Å². The number of rotatable bonds is 7. The smallest absolute Gasteiger partial charge is 0.242 e. The van der Waals surface area contributed by atoms with Crippen LogP contribution in [0.25, 0.3) is 0 Å². The van der Waals surface area contributed by atoms with E-state index in [1.165, 1.54) is 12.8 Å². The van der Waals surface area contributed by atoms with Gasteiger partial charge in [-0.25, -0.2) is 4.99 Å². The fraction of sp³-hybridized carbons (Fsp3) is 0.778. The predicted octanol–water partition coefficient (Wildman–Crippen LogP) is 1.31. The number of aromatic nitrogens is 3. The maximum absolute atomic E-state index is 12.5. The third kappa shape index (κ3) is 5.19. The average molecular weight is 364 g/mol. The highest BCUT2D eigenvalue weighted by Gasteiger charge is 2.20. The molecule has 0 bridgehead atoms. The third-order valence-electron chi connectivity index (χ3n) is 5.09. The van der Waals surface area contributed by atoms with Gasteiger partial charge in [0.2, 0.25) is 5.91 Å². The maximum Gasteiger partial charge on any atom is 0.242 e. The van der Waals surface area contributed by atoms with Crippen molar-refractivity contribution in [2.24, 2.45) is 12.0 Å². The minimum absolute atomic E-state index is 0.118. The number of aliphatic imine (C=N–C) groups is 1. The third-order valence-corrected chi connectivity index (χ3v) is 5.09. The van der Waals surface area contributed by atoms with E-state index < -0.39 is 0 Å². The molecule has 8 heteroatoms. The number of hydrogen-bond donors (Lipinski definition) is 1. The van der Waals surface area contributed by atoms with Crippen molar-refractivity contribution in [1.82, 2.24) is 29.9 Å². The van der Waals surface area contributed by atoms with Gasteiger partial charge in [-0.15, -0.1) is 10.2 Å². The molecule has 1 aliphatic rings. The van der Waals surface area contributed by atoms with Gasteiger partial charge >= 0.3 is 0 Å². The molecule has 1 aliphatic carbocycles. The number of carbonyl (C=O) groups excluding carboxylic acids is 1. The van der Waals surface area contributed by atoms with Crippen LogP contribution in [0.15, 0.2) is 4.99 Å². The van der Waals surface area contributed by atoms with Gasteiger partial charge in [0.15, 0.2) is 11.8 Å². The van der Waals surface area contributed by atoms with Crippen LogP contribution < -0.4 is 5.32 Å². The second-order valence-corrected chi connectivity index (χ2v) is 6.91. The molecule has 0 spiro atoms. The largest absolute Gasteiger partial charge is 0.353 e. The lowest BCUT2D eigenvalue weighted by Crippen LogP contribution is -2.48. The zero-order chi connectivity index (χ0) is 19.1. The Morgan fingerprint density at radius 2 is 1.92 bits per heavy atom. The lowest BCUT2D eigenvalue weighted by Gasteiger charge is -2.27. The summed E-state index contributed by atoms with van der Waals surface area (Å²) >= 11 is 0. The van der Waals surface area contributed by atoms with Crippen LogP contribution >= 0.6 is 0 Å². The molecular formula is C18H33N7O. The monoisotopic (exact) mass is 363 g/mol. The highest BCUT2D eigenvalue weighted by atomic mass is 16.2. The Kier molecular flexibility index (Phi) is 7.41. The van der Waals surface area contributed by atoms with E-state index in [9.17, 15) is 4.79 Å². The Bertz CT molecular complexity index is 615. The number of guanidine groups is 1. The van der Waals surface area contributed by atoms with Gasteiger partial charge in [-0.3, -0.25) is 4.79 Å². The Morgan fingerprint density at radius 1 is 1.27 bits per heavy atom. The van der Waals surface area contributed by atoms with E-state index in [-0.39, 0.29) is 5.91 Å². The summed E-state index contributed by atoms with van der Waals surface area (Å²) in [6.45, 7) is 8.14. The Hall–Kier alpha value is -2.12. The zero-order valence-corrected chi connectivity index (χ0v) is 16.8. The van der Waals surface area contributed by atoms with E-state index in [0.29, 0.717) is 19.1 Å². The summed E-state index contributed by atoms with van der Waals surface area (Å²) in [5.41, 5.74) is 0. The van der Waals surface area contributed by atoms with Crippen LogP contribution in [0.3, 0.4) is 0 Å². The highest BCUT2D eigenvalue weighted by Crippen LogP contribution is 2.18. The molecule has 1 saturated carbocycles. The first-order chi connectivity index (χ1) is 12.5. The summed E-state index contributed by atoms with van der Waals surface area (Å²) in [5, 5.41) is 11.8. The van der Waals surface area contributed by atoms with Crippen LogP contribution in [0.5, 0.6) is 0 Å². The van der Waals surface area contributed by atoms with E-state index in [1.54, 1.807) is 0 Å². The van der Waals surface area contributed by atoms with E-state index in [1.807, 2.05) is 49.2 Å². The molecule has 1 heterocycles. The number of nitrogens with one attached hydrogen (secondary N) is 1. The lowest BCUT2D eigenvalue weighted by molar-refractivity contribution is -0.131. The van der Waals surface area contributed by atoms with E-state index in [2.05, 4.69) is 15.5 Å². The van der Waals surface area contributed by atoms with E-state index in [4.69, 9.17) is 4.99 Å². The molecule has 146 valence electrons. The summed E-state index contributed by atoms with van der Waals surface area (Å²) < 4.78 is 1.94. The fourth-order valence-corrected chi connectivity index (χ4v) is 3.22. The molecule has 26 heavy (non-hydrogen) atoms. The van der Waals surface area contributed by atoms with Gasteiger partial charge < -0.3 is 19.7 Å². The predicted molar refractivity (Wildman–Crippen MR) is 103 cm³/mol. The fourth-order valence-electron chi connectivity index (χ4n) is 3.22. The maximum atomic E-state index is 12.5. The average Bonchev–Trinajstić information content (AvgIpc) is 3.24. The highest BCUT2D eigenvalue weighted by molar-refractivity contribution is 5.86. The Morgan fingerprint density at radius 3 is 2.46 bits per heavy atom. The van der Waals surface area contributed by atoms with Crippen LogP contribution in [0.2, 0.25) is 0 Å². The molecule has 1 aromatic rings. The van der Waals surface area contributed by atoms with Crippen molar-refractivity contribution in [2.45, 2.75) is 59.0 Å². The Labute approximate surface area is 156 Å². The molecule has 0 atom stereocenters. The van der Waals surface area contributed by atoms with Crippen molar-refractivity contribution in [3.05, 3.63) is 11.6 Å². The number of nitrogens with zero attached hydrogens (tertiary/aromatic N) is 6. The number of carbonyl (C=O) groups is 1. The quantitative estimate of drug-likeness (QED) is 0.584. The molecule has 8 nitrogen and oxygen atoms in total. The Balaban J connectivity index is 2.09. The molecule has 0 radical (unpaired) electrons. The molecule has 1 N–H and O–H groups in total. The molecule has 0 aliphatic heterocycles. The van der Waals surface area contributed by atoms with E-state index >= 15 is 0 Å². The molecule has 1 amide bonds. The molecule has 0 saturated heterocycles. The summed E-state index contributed by atoms with van der Waals surface area (Å²) in [5.74, 6) is 2.56. The van der Waals surface area contributed by atoms with E-state index in [0.717, 1.165) is 43.5 Å². The topological polar surface area (TPSA) is 78.7 Å². The minimum Gasteiger partial charge on any atom is -0.353 e. The first kappa shape index (κ1) is 20.2. The van der Waals surface area contributed by atoms with Crippen molar-refractivity contribution < 1.29 is 4.79 Å². The van der Waals surface area contributed by atoms with Crippen LogP contribution in [0.1, 0.15) is 51.2 Å². The summed E-state index contributed by atoms with van der Waals surface area (Å²) in [7, 11) is 3.86.